The van der Waals surface area contributed by atoms with Gasteiger partial charge in [0, 0.05) is 13.1 Å². The third kappa shape index (κ3) is 3.39. The lowest BCUT2D eigenvalue weighted by molar-refractivity contribution is 0.275. The monoisotopic (exact) mass is 353 g/mol. The molecule has 0 aliphatic carbocycles. The second-order valence-corrected chi connectivity index (χ2v) is 5.75. The maximum Gasteiger partial charge on any atom is 0.161 e. The number of rotatable bonds is 5. The first kappa shape index (κ1) is 15.9. The molecule has 0 radical (unpaired) electrons. The number of halogens is 1. The van der Waals surface area contributed by atoms with Crippen LogP contribution in [0, 0.1) is 6.92 Å². The van der Waals surface area contributed by atoms with Gasteiger partial charge in [-0.15, -0.1) is 0 Å². The number of nitrogens with zero attached hydrogens (tertiary/aromatic N) is 2. The maximum absolute atomic E-state index is 5.88. The number of aryl methyl sites for hydroxylation is 2. The summed E-state index contributed by atoms with van der Waals surface area (Å²) in [6.45, 7) is 4.29. The molecule has 0 aliphatic rings. The number of hydrogen-bond donors (Lipinski definition) is 1. The molecule has 0 aliphatic heterocycles. The topological polar surface area (TPSA) is 62.3 Å². The van der Waals surface area contributed by atoms with Crippen molar-refractivity contribution < 1.29 is 9.47 Å². The lowest BCUT2D eigenvalue weighted by Crippen LogP contribution is -2.07. The van der Waals surface area contributed by atoms with E-state index in [1.807, 2.05) is 43.8 Å². The fraction of sp³-hybridized carbons (Fsp3) is 0.400. The minimum Gasteiger partial charge on any atom is -0.493 e. The van der Waals surface area contributed by atoms with Crippen molar-refractivity contribution >= 4 is 15.9 Å². The number of benzene rings is 1. The van der Waals surface area contributed by atoms with Crippen molar-refractivity contribution in [2.45, 2.75) is 26.5 Å². The minimum absolute atomic E-state index is 0.0400. The van der Waals surface area contributed by atoms with Gasteiger partial charge in [0.15, 0.2) is 11.5 Å². The van der Waals surface area contributed by atoms with Crippen molar-refractivity contribution in [3.63, 3.8) is 0 Å². The van der Waals surface area contributed by atoms with E-state index in [1.165, 1.54) is 0 Å². The van der Waals surface area contributed by atoms with Gasteiger partial charge in [0.2, 0.25) is 0 Å². The highest BCUT2D eigenvalue weighted by Crippen LogP contribution is 2.31. The average Bonchev–Trinajstić information content (AvgIpc) is 2.70. The molecule has 0 fully saturated rings. The Balaban J connectivity index is 2.20. The van der Waals surface area contributed by atoms with Crippen LogP contribution in [0.2, 0.25) is 0 Å². The molecule has 1 heterocycles. The van der Waals surface area contributed by atoms with Crippen LogP contribution in [0.5, 0.6) is 11.5 Å². The van der Waals surface area contributed by atoms with Crippen molar-refractivity contribution in [3.05, 3.63) is 39.6 Å². The van der Waals surface area contributed by atoms with Gasteiger partial charge in [-0.3, -0.25) is 4.68 Å². The van der Waals surface area contributed by atoms with Gasteiger partial charge >= 0.3 is 0 Å². The first-order valence-corrected chi connectivity index (χ1v) is 7.47. The van der Waals surface area contributed by atoms with E-state index >= 15 is 0 Å². The first-order valence-electron chi connectivity index (χ1n) is 6.68. The average molecular weight is 354 g/mol. The molecule has 21 heavy (non-hydrogen) atoms. The molecule has 0 saturated heterocycles. The molecule has 0 spiro atoms. The van der Waals surface area contributed by atoms with Gasteiger partial charge in [0.25, 0.3) is 0 Å². The van der Waals surface area contributed by atoms with E-state index in [2.05, 4.69) is 21.0 Å². The zero-order chi connectivity index (χ0) is 15.6. The van der Waals surface area contributed by atoms with Crippen LogP contribution in [-0.4, -0.2) is 16.9 Å². The smallest absolute Gasteiger partial charge is 0.161 e. The fourth-order valence-electron chi connectivity index (χ4n) is 2.07. The predicted octanol–water partition coefficient (Wildman–Crippen LogP) is 3.10. The van der Waals surface area contributed by atoms with Gasteiger partial charge < -0.3 is 15.2 Å². The molecule has 114 valence electrons. The van der Waals surface area contributed by atoms with Crippen molar-refractivity contribution in [1.29, 1.82) is 0 Å². The van der Waals surface area contributed by atoms with Crippen molar-refractivity contribution in [2.24, 2.45) is 12.8 Å². The van der Waals surface area contributed by atoms with Crippen LogP contribution < -0.4 is 15.2 Å². The number of nitrogens with two attached hydrogens (primary N) is 1. The molecule has 0 amide bonds. The summed E-state index contributed by atoms with van der Waals surface area (Å²) in [4.78, 5) is 0. The van der Waals surface area contributed by atoms with Crippen LogP contribution in [-0.2, 0) is 13.7 Å². The summed E-state index contributed by atoms with van der Waals surface area (Å²) in [5.41, 5.74) is 8.81. The normalized spacial score (nSPS) is 12.3. The second kappa shape index (κ2) is 6.49. The summed E-state index contributed by atoms with van der Waals surface area (Å²) in [5, 5.41) is 4.34. The summed E-state index contributed by atoms with van der Waals surface area (Å²) in [5.74, 6) is 1.37. The highest BCUT2D eigenvalue weighted by molar-refractivity contribution is 9.10. The van der Waals surface area contributed by atoms with Crippen LogP contribution in [0.1, 0.15) is 29.9 Å². The Morgan fingerprint density at radius 2 is 2.10 bits per heavy atom. The van der Waals surface area contributed by atoms with Gasteiger partial charge in [-0.25, -0.2) is 0 Å². The number of ether oxygens (including phenoxy) is 2. The second-order valence-electron chi connectivity index (χ2n) is 4.96. The molecular weight excluding hydrogens is 334 g/mol. The van der Waals surface area contributed by atoms with E-state index in [-0.39, 0.29) is 6.04 Å². The summed E-state index contributed by atoms with van der Waals surface area (Å²) >= 11 is 3.53. The number of aromatic nitrogens is 2. The molecule has 2 aromatic rings. The van der Waals surface area contributed by atoms with E-state index < -0.39 is 0 Å². The Kier molecular flexibility index (Phi) is 4.90. The highest BCUT2D eigenvalue weighted by atomic mass is 79.9. The van der Waals surface area contributed by atoms with Gasteiger partial charge in [0.05, 0.1) is 23.0 Å². The van der Waals surface area contributed by atoms with E-state index in [4.69, 9.17) is 15.2 Å². The number of hydrogen-bond acceptors (Lipinski definition) is 4. The summed E-state index contributed by atoms with van der Waals surface area (Å²) in [6.07, 6.45) is 0. The minimum atomic E-state index is -0.0400. The fourth-order valence-corrected chi connectivity index (χ4v) is 2.52. The van der Waals surface area contributed by atoms with Gasteiger partial charge in [-0.1, -0.05) is 6.07 Å². The molecule has 0 bridgehead atoms. The lowest BCUT2D eigenvalue weighted by Gasteiger charge is -2.14. The Morgan fingerprint density at radius 3 is 2.62 bits per heavy atom. The quantitative estimate of drug-likeness (QED) is 0.896. The Morgan fingerprint density at radius 1 is 1.38 bits per heavy atom. The van der Waals surface area contributed by atoms with Crippen molar-refractivity contribution in [1.82, 2.24) is 9.78 Å². The van der Waals surface area contributed by atoms with E-state index in [9.17, 15) is 0 Å². The van der Waals surface area contributed by atoms with Crippen LogP contribution >= 0.6 is 15.9 Å². The molecule has 1 aromatic carbocycles. The largest absolute Gasteiger partial charge is 0.493 e. The Hall–Kier alpha value is -1.53. The van der Waals surface area contributed by atoms with Crippen molar-refractivity contribution in [2.75, 3.05) is 7.11 Å². The number of methoxy groups -OCH3 is 1. The van der Waals surface area contributed by atoms with Gasteiger partial charge in [0.1, 0.15) is 6.61 Å². The molecule has 2 N–H and O–H groups in total. The summed E-state index contributed by atoms with van der Waals surface area (Å²) in [7, 11) is 3.52. The van der Waals surface area contributed by atoms with E-state index in [0.717, 1.165) is 21.4 Å². The Labute approximate surface area is 133 Å². The first-order chi connectivity index (χ1) is 9.93. The van der Waals surface area contributed by atoms with Crippen LogP contribution in [0.3, 0.4) is 0 Å². The molecule has 2 rings (SSSR count). The Bertz CT molecular complexity index is 638. The molecule has 6 heteroatoms. The molecule has 1 aromatic heterocycles. The standard InChI is InChI=1S/C15H20BrN3O2/c1-9(17)11-5-6-13(14(7-11)20-4)21-8-12-15(16)10(2)18-19(12)3/h5-7,9H,8,17H2,1-4H3/t9-/m1/s1. The summed E-state index contributed by atoms with van der Waals surface area (Å²) < 4.78 is 14.0. The highest BCUT2D eigenvalue weighted by Gasteiger charge is 2.13. The van der Waals surface area contributed by atoms with E-state index in [1.54, 1.807) is 7.11 Å². The SMILES string of the molecule is COc1cc([C@@H](C)N)ccc1OCc1c(Br)c(C)nn1C. The predicted molar refractivity (Wildman–Crippen MR) is 85.6 cm³/mol. The van der Waals surface area contributed by atoms with E-state index in [0.29, 0.717) is 18.1 Å². The van der Waals surface area contributed by atoms with Crippen molar-refractivity contribution in [3.8, 4) is 11.5 Å². The zero-order valence-corrected chi connectivity index (χ0v) is 14.3. The van der Waals surface area contributed by atoms with Gasteiger partial charge in [-0.05, 0) is 47.5 Å². The molecule has 5 nitrogen and oxygen atoms in total. The van der Waals surface area contributed by atoms with Crippen LogP contribution in [0.4, 0.5) is 0 Å². The van der Waals surface area contributed by atoms with Gasteiger partial charge in [-0.2, -0.15) is 5.10 Å². The zero-order valence-electron chi connectivity index (χ0n) is 12.7. The molecular formula is C15H20BrN3O2. The molecule has 0 unspecified atom stereocenters. The van der Waals surface area contributed by atoms with Crippen LogP contribution in [0.25, 0.3) is 0 Å². The third-order valence-electron chi connectivity index (χ3n) is 3.34. The maximum atomic E-state index is 5.88. The lowest BCUT2D eigenvalue weighted by atomic mass is 10.1. The van der Waals surface area contributed by atoms with Crippen LogP contribution in [0.15, 0.2) is 22.7 Å². The molecule has 0 saturated carbocycles. The summed E-state index contributed by atoms with van der Waals surface area (Å²) in [6, 6.07) is 5.70. The third-order valence-corrected chi connectivity index (χ3v) is 4.37. The molecule has 1 atom stereocenters.